The molecule has 0 aliphatic carbocycles. The van der Waals surface area contributed by atoms with Crippen molar-refractivity contribution in [1.82, 2.24) is 0 Å². The zero-order valence-electron chi connectivity index (χ0n) is 10.1. The SMILES string of the molecule is COc1cc(N)ccc1N(CCO)CCCO. The molecule has 96 valence electrons. The molecule has 0 aliphatic heterocycles. The van der Waals surface area contributed by atoms with Crippen molar-refractivity contribution in [3.63, 3.8) is 0 Å². The van der Waals surface area contributed by atoms with Gasteiger partial charge in [-0.05, 0) is 18.6 Å². The van der Waals surface area contributed by atoms with Gasteiger partial charge in [0.2, 0.25) is 0 Å². The zero-order valence-corrected chi connectivity index (χ0v) is 10.1. The van der Waals surface area contributed by atoms with E-state index >= 15 is 0 Å². The Morgan fingerprint density at radius 2 is 2.00 bits per heavy atom. The van der Waals surface area contributed by atoms with Crippen LogP contribution in [0.3, 0.4) is 0 Å². The van der Waals surface area contributed by atoms with Crippen molar-refractivity contribution in [2.45, 2.75) is 6.42 Å². The maximum Gasteiger partial charge on any atom is 0.144 e. The largest absolute Gasteiger partial charge is 0.495 e. The average Bonchev–Trinajstić information content (AvgIpc) is 2.34. The Bertz CT molecular complexity index is 345. The second-order valence-electron chi connectivity index (χ2n) is 3.72. The molecule has 1 aromatic rings. The number of aliphatic hydroxyl groups excluding tert-OH is 2. The van der Waals surface area contributed by atoms with Crippen LogP contribution in [-0.2, 0) is 0 Å². The van der Waals surface area contributed by atoms with E-state index in [0.29, 0.717) is 30.9 Å². The van der Waals surface area contributed by atoms with Gasteiger partial charge in [0, 0.05) is 31.5 Å². The summed E-state index contributed by atoms with van der Waals surface area (Å²) in [5, 5.41) is 17.9. The summed E-state index contributed by atoms with van der Waals surface area (Å²) in [5.74, 6) is 0.677. The first-order chi connectivity index (χ1) is 8.22. The molecular formula is C12H20N2O3. The summed E-state index contributed by atoms with van der Waals surface area (Å²) >= 11 is 0. The van der Waals surface area contributed by atoms with Crippen LogP contribution in [0.1, 0.15) is 6.42 Å². The summed E-state index contributed by atoms with van der Waals surface area (Å²) in [6, 6.07) is 5.40. The van der Waals surface area contributed by atoms with Crippen LogP contribution < -0.4 is 15.4 Å². The number of nitrogens with zero attached hydrogens (tertiary/aromatic N) is 1. The van der Waals surface area contributed by atoms with Gasteiger partial charge in [-0.15, -0.1) is 0 Å². The fourth-order valence-corrected chi connectivity index (χ4v) is 1.69. The third kappa shape index (κ3) is 3.80. The Kier molecular flexibility index (Phi) is 5.59. The lowest BCUT2D eigenvalue weighted by atomic mass is 10.2. The molecular weight excluding hydrogens is 220 g/mol. The van der Waals surface area contributed by atoms with Crippen molar-refractivity contribution in [1.29, 1.82) is 0 Å². The van der Waals surface area contributed by atoms with Gasteiger partial charge in [-0.3, -0.25) is 0 Å². The summed E-state index contributed by atoms with van der Waals surface area (Å²) in [6.45, 7) is 1.34. The highest BCUT2D eigenvalue weighted by Gasteiger charge is 2.11. The van der Waals surface area contributed by atoms with E-state index in [-0.39, 0.29) is 13.2 Å². The molecule has 0 atom stereocenters. The van der Waals surface area contributed by atoms with Crippen molar-refractivity contribution in [2.24, 2.45) is 0 Å². The van der Waals surface area contributed by atoms with Gasteiger partial charge in [-0.25, -0.2) is 0 Å². The molecule has 0 unspecified atom stereocenters. The number of anilines is 2. The molecule has 0 saturated heterocycles. The Morgan fingerprint density at radius 1 is 1.24 bits per heavy atom. The summed E-state index contributed by atoms with van der Waals surface area (Å²) in [4.78, 5) is 1.97. The Hall–Kier alpha value is -1.46. The molecule has 0 amide bonds. The fraction of sp³-hybridized carbons (Fsp3) is 0.500. The maximum atomic E-state index is 9.05. The van der Waals surface area contributed by atoms with Crippen molar-refractivity contribution in [2.75, 3.05) is 44.0 Å². The van der Waals surface area contributed by atoms with E-state index in [1.54, 1.807) is 19.2 Å². The third-order valence-corrected chi connectivity index (χ3v) is 2.50. The third-order valence-electron chi connectivity index (χ3n) is 2.50. The topological polar surface area (TPSA) is 79.0 Å². The minimum absolute atomic E-state index is 0.0545. The Labute approximate surface area is 101 Å². The van der Waals surface area contributed by atoms with Crippen molar-refractivity contribution in [3.8, 4) is 5.75 Å². The van der Waals surface area contributed by atoms with Gasteiger partial charge in [-0.2, -0.15) is 0 Å². The van der Waals surface area contributed by atoms with E-state index in [1.807, 2.05) is 11.0 Å². The number of nitrogens with two attached hydrogens (primary N) is 1. The standard InChI is InChI=1S/C12H20N2O3/c1-17-12-9-10(13)3-4-11(12)14(6-8-16)5-2-7-15/h3-4,9,15-16H,2,5-8,13H2,1H3. The zero-order chi connectivity index (χ0) is 12.7. The van der Waals surface area contributed by atoms with Gasteiger partial charge in [0.25, 0.3) is 0 Å². The van der Waals surface area contributed by atoms with Crippen LogP contribution in [0, 0.1) is 0 Å². The molecule has 1 rings (SSSR count). The maximum absolute atomic E-state index is 9.05. The molecule has 0 heterocycles. The van der Waals surface area contributed by atoms with Gasteiger partial charge in [0.05, 0.1) is 19.4 Å². The summed E-state index contributed by atoms with van der Waals surface area (Å²) in [6.07, 6.45) is 0.646. The van der Waals surface area contributed by atoms with Crippen molar-refractivity contribution >= 4 is 11.4 Å². The lowest BCUT2D eigenvalue weighted by molar-refractivity contribution is 0.280. The smallest absolute Gasteiger partial charge is 0.144 e. The van der Waals surface area contributed by atoms with Crippen LogP contribution in [0.4, 0.5) is 11.4 Å². The molecule has 1 aromatic carbocycles. The van der Waals surface area contributed by atoms with Gasteiger partial charge in [0.15, 0.2) is 0 Å². The number of methoxy groups -OCH3 is 1. The summed E-state index contributed by atoms with van der Waals surface area (Å²) in [5.41, 5.74) is 7.20. The van der Waals surface area contributed by atoms with Crippen molar-refractivity contribution in [3.05, 3.63) is 18.2 Å². The summed E-state index contributed by atoms with van der Waals surface area (Å²) < 4.78 is 5.27. The van der Waals surface area contributed by atoms with E-state index in [2.05, 4.69) is 0 Å². The molecule has 0 bridgehead atoms. The normalized spacial score (nSPS) is 10.3. The molecule has 0 aliphatic rings. The minimum atomic E-state index is 0.0545. The molecule has 5 heteroatoms. The van der Waals surface area contributed by atoms with Gasteiger partial charge in [0.1, 0.15) is 5.75 Å². The molecule has 4 N–H and O–H groups in total. The molecule has 0 fully saturated rings. The predicted molar refractivity (Wildman–Crippen MR) is 68.4 cm³/mol. The first-order valence-electron chi connectivity index (χ1n) is 5.63. The molecule has 0 saturated carbocycles. The van der Waals surface area contributed by atoms with Crippen LogP contribution in [0.5, 0.6) is 5.75 Å². The predicted octanol–water partition coefficient (Wildman–Crippen LogP) is 0.459. The van der Waals surface area contributed by atoms with Crippen LogP contribution >= 0.6 is 0 Å². The van der Waals surface area contributed by atoms with E-state index < -0.39 is 0 Å². The Balaban J connectivity index is 2.91. The highest BCUT2D eigenvalue weighted by atomic mass is 16.5. The number of hydrogen-bond acceptors (Lipinski definition) is 5. The lowest BCUT2D eigenvalue weighted by Crippen LogP contribution is -2.28. The molecule has 0 aromatic heterocycles. The van der Waals surface area contributed by atoms with Gasteiger partial charge in [-0.1, -0.05) is 0 Å². The fourth-order valence-electron chi connectivity index (χ4n) is 1.69. The van der Waals surface area contributed by atoms with Crippen LogP contribution in [0.2, 0.25) is 0 Å². The number of rotatable bonds is 7. The van der Waals surface area contributed by atoms with Gasteiger partial charge >= 0.3 is 0 Å². The monoisotopic (exact) mass is 240 g/mol. The number of nitrogen functional groups attached to an aromatic ring is 1. The number of benzene rings is 1. The average molecular weight is 240 g/mol. The molecule has 0 spiro atoms. The molecule has 0 radical (unpaired) electrons. The minimum Gasteiger partial charge on any atom is -0.495 e. The lowest BCUT2D eigenvalue weighted by Gasteiger charge is -2.25. The van der Waals surface area contributed by atoms with E-state index in [1.165, 1.54) is 0 Å². The van der Waals surface area contributed by atoms with E-state index in [4.69, 9.17) is 20.7 Å². The van der Waals surface area contributed by atoms with Gasteiger partial charge < -0.3 is 25.6 Å². The van der Waals surface area contributed by atoms with E-state index in [9.17, 15) is 0 Å². The van der Waals surface area contributed by atoms with Crippen molar-refractivity contribution < 1.29 is 14.9 Å². The number of hydrogen-bond donors (Lipinski definition) is 3. The highest BCUT2D eigenvalue weighted by molar-refractivity contribution is 5.64. The summed E-state index contributed by atoms with van der Waals surface area (Å²) in [7, 11) is 1.58. The number of aliphatic hydroxyl groups is 2. The first-order valence-corrected chi connectivity index (χ1v) is 5.63. The first kappa shape index (κ1) is 13.6. The van der Waals surface area contributed by atoms with Crippen LogP contribution in [-0.4, -0.2) is 43.6 Å². The number of ether oxygens (including phenoxy) is 1. The second kappa shape index (κ2) is 6.98. The highest BCUT2D eigenvalue weighted by Crippen LogP contribution is 2.30. The van der Waals surface area contributed by atoms with E-state index in [0.717, 1.165) is 5.69 Å². The molecule has 17 heavy (non-hydrogen) atoms. The molecule has 5 nitrogen and oxygen atoms in total. The van der Waals surface area contributed by atoms with Crippen LogP contribution in [0.25, 0.3) is 0 Å². The van der Waals surface area contributed by atoms with Crippen LogP contribution in [0.15, 0.2) is 18.2 Å². The quantitative estimate of drug-likeness (QED) is 0.603. The Morgan fingerprint density at radius 3 is 2.59 bits per heavy atom. The second-order valence-corrected chi connectivity index (χ2v) is 3.72.